The molecule has 3 amide bonds. The molecule has 0 aliphatic carbocycles. The van der Waals surface area contributed by atoms with Gasteiger partial charge in [-0.05, 0) is 31.3 Å². The van der Waals surface area contributed by atoms with Crippen molar-refractivity contribution in [2.75, 3.05) is 25.1 Å². The summed E-state index contributed by atoms with van der Waals surface area (Å²) in [5.74, 6) is -0.940. The molecule has 0 aromatic heterocycles. The number of likely N-dealkylation sites (tertiary alicyclic amines) is 1. The van der Waals surface area contributed by atoms with Crippen LogP contribution in [0.3, 0.4) is 0 Å². The van der Waals surface area contributed by atoms with Gasteiger partial charge in [-0.25, -0.2) is 4.79 Å². The van der Waals surface area contributed by atoms with Crippen molar-refractivity contribution >= 4 is 29.7 Å². The third-order valence-electron chi connectivity index (χ3n) is 3.31. The van der Waals surface area contributed by atoms with Crippen molar-refractivity contribution in [2.45, 2.75) is 25.3 Å². The van der Waals surface area contributed by atoms with Gasteiger partial charge in [0, 0.05) is 13.1 Å². The summed E-state index contributed by atoms with van der Waals surface area (Å²) < 4.78 is 0. The summed E-state index contributed by atoms with van der Waals surface area (Å²) in [6.45, 7) is 0.725. The van der Waals surface area contributed by atoms with E-state index in [0.717, 1.165) is 0 Å². The Morgan fingerprint density at radius 3 is 2.75 bits per heavy atom. The van der Waals surface area contributed by atoms with E-state index in [4.69, 9.17) is 10.8 Å². The molecule has 1 aliphatic heterocycles. The highest BCUT2D eigenvalue weighted by Gasteiger charge is 2.31. The number of rotatable bonds is 6. The minimum absolute atomic E-state index is 0.199. The van der Waals surface area contributed by atoms with E-state index in [0.29, 0.717) is 31.6 Å². The number of hydrogen-bond donors (Lipinski definition) is 3. The van der Waals surface area contributed by atoms with Crippen LogP contribution in [0.25, 0.3) is 0 Å². The highest BCUT2D eigenvalue weighted by atomic mass is 32.2. The van der Waals surface area contributed by atoms with Gasteiger partial charge in [0.15, 0.2) is 0 Å². The van der Waals surface area contributed by atoms with Gasteiger partial charge in [-0.1, -0.05) is 0 Å². The summed E-state index contributed by atoms with van der Waals surface area (Å²) in [7, 11) is 0. The predicted molar refractivity (Wildman–Crippen MR) is 76.4 cm³/mol. The number of piperidine rings is 1. The molecular weight excluding hydrogens is 282 g/mol. The first kappa shape index (κ1) is 16.6. The standard InChI is InChI=1S/C12H21N3O4S/c1-20-6-4-9(14-12(13)19)10(16)15-5-2-3-8(7-15)11(17)18/h8-9H,2-7H2,1H3,(H,17,18)(H3,13,14,19)/t8-,9?/m1/s1. The number of carboxylic acids is 1. The molecule has 0 bridgehead atoms. The van der Waals surface area contributed by atoms with Crippen LogP contribution in [0, 0.1) is 5.92 Å². The molecule has 0 aromatic carbocycles. The largest absolute Gasteiger partial charge is 0.481 e. The van der Waals surface area contributed by atoms with Gasteiger partial charge in [0.2, 0.25) is 5.91 Å². The summed E-state index contributed by atoms with van der Waals surface area (Å²) in [6.07, 6.45) is 3.64. The fourth-order valence-electron chi connectivity index (χ4n) is 2.26. The Labute approximate surface area is 122 Å². The van der Waals surface area contributed by atoms with Crippen LogP contribution in [0.5, 0.6) is 0 Å². The Bertz CT molecular complexity index is 378. The summed E-state index contributed by atoms with van der Waals surface area (Å²) >= 11 is 1.57. The van der Waals surface area contributed by atoms with E-state index in [9.17, 15) is 14.4 Å². The predicted octanol–water partition coefficient (Wildman–Crippen LogP) is 0.0996. The highest BCUT2D eigenvalue weighted by molar-refractivity contribution is 7.98. The molecule has 4 N–H and O–H groups in total. The zero-order valence-corrected chi connectivity index (χ0v) is 12.3. The minimum atomic E-state index is -0.883. The lowest BCUT2D eigenvalue weighted by atomic mass is 9.97. The maximum absolute atomic E-state index is 12.4. The average molecular weight is 303 g/mol. The van der Waals surface area contributed by atoms with Gasteiger partial charge in [-0.15, -0.1) is 0 Å². The van der Waals surface area contributed by atoms with E-state index in [-0.39, 0.29) is 12.5 Å². The normalized spacial score (nSPS) is 20.2. The molecule has 1 unspecified atom stereocenters. The van der Waals surface area contributed by atoms with Crippen LogP contribution >= 0.6 is 11.8 Å². The molecule has 20 heavy (non-hydrogen) atoms. The summed E-state index contributed by atoms with van der Waals surface area (Å²) in [5.41, 5.74) is 5.09. The molecule has 1 rings (SSSR count). The molecule has 8 heteroatoms. The summed E-state index contributed by atoms with van der Waals surface area (Å²) in [4.78, 5) is 35.9. The molecule has 1 heterocycles. The molecule has 0 aromatic rings. The van der Waals surface area contributed by atoms with Crippen LogP contribution in [0.15, 0.2) is 0 Å². The number of nitrogens with zero attached hydrogens (tertiary/aromatic N) is 1. The molecule has 1 aliphatic rings. The molecule has 0 saturated carbocycles. The third-order valence-corrected chi connectivity index (χ3v) is 3.95. The second-order valence-electron chi connectivity index (χ2n) is 4.80. The lowest BCUT2D eigenvalue weighted by Gasteiger charge is -2.33. The van der Waals surface area contributed by atoms with Gasteiger partial charge in [-0.2, -0.15) is 11.8 Å². The molecule has 0 spiro atoms. The Hall–Kier alpha value is -1.44. The Balaban J connectivity index is 2.67. The van der Waals surface area contributed by atoms with Gasteiger partial charge >= 0.3 is 12.0 Å². The second kappa shape index (κ2) is 7.98. The molecule has 2 atom stereocenters. The van der Waals surface area contributed by atoms with Crippen molar-refractivity contribution in [2.24, 2.45) is 11.7 Å². The number of amides is 3. The number of nitrogens with one attached hydrogen (secondary N) is 1. The van der Waals surface area contributed by atoms with Gasteiger partial charge in [0.25, 0.3) is 0 Å². The number of aliphatic carboxylic acids is 1. The number of carbonyl (C=O) groups is 3. The summed E-state index contributed by atoms with van der Waals surface area (Å²) in [6, 6.07) is -1.41. The van der Waals surface area contributed by atoms with Crippen LogP contribution in [0.4, 0.5) is 4.79 Å². The first-order chi connectivity index (χ1) is 9.45. The zero-order chi connectivity index (χ0) is 15.1. The second-order valence-corrected chi connectivity index (χ2v) is 5.79. The van der Waals surface area contributed by atoms with Crippen LogP contribution in [0.2, 0.25) is 0 Å². The Morgan fingerprint density at radius 2 is 2.20 bits per heavy atom. The van der Waals surface area contributed by atoms with Crippen LogP contribution < -0.4 is 11.1 Å². The van der Waals surface area contributed by atoms with E-state index in [1.54, 1.807) is 11.8 Å². The van der Waals surface area contributed by atoms with Crippen molar-refractivity contribution in [1.29, 1.82) is 0 Å². The van der Waals surface area contributed by atoms with Gasteiger partial charge < -0.3 is 21.1 Å². The molecule has 0 radical (unpaired) electrons. The number of thioether (sulfide) groups is 1. The quantitative estimate of drug-likeness (QED) is 0.644. The van der Waals surface area contributed by atoms with Crippen LogP contribution in [0.1, 0.15) is 19.3 Å². The zero-order valence-electron chi connectivity index (χ0n) is 11.5. The molecule has 1 saturated heterocycles. The Kier molecular flexibility index (Phi) is 6.63. The smallest absolute Gasteiger partial charge is 0.312 e. The van der Waals surface area contributed by atoms with Crippen molar-refractivity contribution in [3.8, 4) is 0 Å². The van der Waals surface area contributed by atoms with E-state index in [2.05, 4.69) is 5.32 Å². The lowest BCUT2D eigenvalue weighted by molar-refractivity contribution is -0.146. The number of carbonyl (C=O) groups excluding carboxylic acids is 2. The number of urea groups is 1. The molecule has 7 nitrogen and oxygen atoms in total. The van der Waals surface area contributed by atoms with Crippen molar-refractivity contribution in [3.05, 3.63) is 0 Å². The maximum Gasteiger partial charge on any atom is 0.312 e. The number of primary amides is 1. The van der Waals surface area contributed by atoms with Crippen molar-refractivity contribution in [1.82, 2.24) is 10.2 Å². The SMILES string of the molecule is CSCCC(NC(N)=O)C(=O)N1CCC[C@@H](C(=O)O)C1. The minimum Gasteiger partial charge on any atom is -0.481 e. The topological polar surface area (TPSA) is 113 Å². The molecular formula is C12H21N3O4S. The van der Waals surface area contributed by atoms with E-state index in [1.165, 1.54) is 4.90 Å². The Morgan fingerprint density at radius 1 is 1.50 bits per heavy atom. The average Bonchev–Trinajstić information content (AvgIpc) is 2.42. The van der Waals surface area contributed by atoms with Gasteiger partial charge in [0.1, 0.15) is 6.04 Å². The van der Waals surface area contributed by atoms with Crippen LogP contribution in [-0.4, -0.2) is 59.1 Å². The van der Waals surface area contributed by atoms with Gasteiger partial charge in [0.05, 0.1) is 5.92 Å². The molecule has 114 valence electrons. The maximum atomic E-state index is 12.4. The number of carboxylic acid groups (broad SMARTS) is 1. The van der Waals surface area contributed by atoms with E-state index < -0.39 is 24.0 Å². The fourth-order valence-corrected chi connectivity index (χ4v) is 2.74. The van der Waals surface area contributed by atoms with Gasteiger partial charge in [-0.3, -0.25) is 9.59 Å². The monoisotopic (exact) mass is 303 g/mol. The van der Waals surface area contributed by atoms with E-state index in [1.807, 2.05) is 6.26 Å². The van der Waals surface area contributed by atoms with Crippen molar-refractivity contribution < 1.29 is 19.5 Å². The molecule has 1 fully saturated rings. The fraction of sp³-hybridized carbons (Fsp3) is 0.750. The first-order valence-corrected chi connectivity index (χ1v) is 7.91. The summed E-state index contributed by atoms with van der Waals surface area (Å²) in [5, 5.41) is 11.5. The first-order valence-electron chi connectivity index (χ1n) is 6.52. The highest BCUT2D eigenvalue weighted by Crippen LogP contribution is 2.18. The van der Waals surface area contributed by atoms with Crippen molar-refractivity contribution in [3.63, 3.8) is 0 Å². The van der Waals surface area contributed by atoms with E-state index >= 15 is 0 Å². The van der Waals surface area contributed by atoms with Crippen LogP contribution in [-0.2, 0) is 9.59 Å². The third kappa shape index (κ3) is 4.92. The lowest BCUT2D eigenvalue weighted by Crippen LogP contribution is -2.53. The number of hydrogen-bond acceptors (Lipinski definition) is 4. The number of nitrogens with two attached hydrogens (primary N) is 1.